The molecule has 2 heterocycles. The van der Waals surface area contributed by atoms with Gasteiger partial charge in [-0.05, 0) is 12.3 Å². The Kier molecular flexibility index (Phi) is 3.87. The van der Waals surface area contributed by atoms with E-state index in [0.29, 0.717) is 18.7 Å². The normalized spacial score (nSPS) is 23.9. The van der Waals surface area contributed by atoms with Gasteiger partial charge in [0.1, 0.15) is 24.0 Å². The molecule has 6 heteroatoms. The summed E-state index contributed by atoms with van der Waals surface area (Å²) >= 11 is 0. The van der Waals surface area contributed by atoms with Gasteiger partial charge in [0, 0.05) is 6.07 Å². The molecule has 2 rings (SSSR count). The molecule has 1 aliphatic heterocycles. The first kappa shape index (κ1) is 13.6. The quantitative estimate of drug-likeness (QED) is 0.879. The molecule has 0 radical (unpaired) electrons. The third kappa shape index (κ3) is 2.62. The number of nitrogens with one attached hydrogen (secondary N) is 1. The lowest BCUT2D eigenvalue weighted by atomic mass is 9.97. The zero-order valence-electron chi connectivity index (χ0n) is 11.4. The molecule has 1 aromatic heterocycles. The number of aromatic nitrogens is 1. The second kappa shape index (κ2) is 5.42. The molecule has 0 aliphatic carbocycles. The minimum atomic E-state index is -0.456. The van der Waals surface area contributed by atoms with Gasteiger partial charge in [-0.1, -0.05) is 25.9 Å². The standard InChI is InChI=1S/C13H19N3O3/c1-4-10-12(17)14-11(8(2)3)13(18)16(10)7-9-5-6-19-15-9/h5-6,8,10-11H,4,7H2,1-3H3,(H,14,17). The molecule has 1 N–H and O–H groups in total. The lowest BCUT2D eigenvalue weighted by Gasteiger charge is -2.39. The summed E-state index contributed by atoms with van der Waals surface area (Å²) in [6, 6.07) is 0.818. The first-order chi connectivity index (χ1) is 9.04. The van der Waals surface area contributed by atoms with E-state index < -0.39 is 12.1 Å². The summed E-state index contributed by atoms with van der Waals surface area (Å²) in [5, 5.41) is 6.61. The van der Waals surface area contributed by atoms with Crippen molar-refractivity contribution in [3.8, 4) is 0 Å². The Balaban J connectivity index is 2.23. The summed E-state index contributed by atoms with van der Waals surface area (Å²) in [4.78, 5) is 26.1. The van der Waals surface area contributed by atoms with Gasteiger partial charge in [0.15, 0.2) is 0 Å². The van der Waals surface area contributed by atoms with Gasteiger partial charge in [0.2, 0.25) is 11.8 Å². The Hall–Kier alpha value is -1.85. The number of amides is 2. The van der Waals surface area contributed by atoms with E-state index in [0.717, 1.165) is 0 Å². The van der Waals surface area contributed by atoms with E-state index in [1.807, 2.05) is 20.8 Å². The van der Waals surface area contributed by atoms with Crippen molar-refractivity contribution >= 4 is 11.8 Å². The van der Waals surface area contributed by atoms with Crippen LogP contribution in [0, 0.1) is 5.92 Å². The third-order valence-corrected chi connectivity index (χ3v) is 3.40. The van der Waals surface area contributed by atoms with E-state index >= 15 is 0 Å². The van der Waals surface area contributed by atoms with Crippen molar-refractivity contribution in [2.24, 2.45) is 5.92 Å². The maximum absolute atomic E-state index is 12.5. The van der Waals surface area contributed by atoms with Gasteiger partial charge in [-0.3, -0.25) is 9.59 Å². The summed E-state index contributed by atoms with van der Waals surface area (Å²) in [5.41, 5.74) is 0.656. The highest BCUT2D eigenvalue weighted by Gasteiger charge is 2.40. The Morgan fingerprint density at radius 3 is 2.74 bits per heavy atom. The Bertz CT molecular complexity index is 456. The summed E-state index contributed by atoms with van der Waals surface area (Å²) in [7, 11) is 0. The largest absolute Gasteiger partial charge is 0.364 e. The number of carbonyl (C=O) groups excluding carboxylic acids is 2. The van der Waals surface area contributed by atoms with Gasteiger partial charge in [0.25, 0.3) is 0 Å². The average Bonchev–Trinajstić information content (AvgIpc) is 2.86. The van der Waals surface area contributed by atoms with Crippen molar-refractivity contribution in [2.45, 2.75) is 45.8 Å². The van der Waals surface area contributed by atoms with Crippen molar-refractivity contribution in [1.82, 2.24) is 15.4 Å². The molecule has 1 aliphatic rings. The molecular formula is C13H19N3O3. The van der Waals surface area contributed by atoms with Crippen LogP contribution in [0.25, 0.3) is 0 Å². The lowest BCUT2D eigenvalue weighted by Crippen LogP contribution is -2.64. The zero-order chi connectivity index (χ0) is 14.0. The molecule has 0 spiro atoms. The summed E-state index contributed by atoms with van der Waals surface area (Å²) < 4.78 is 4.77. The number of piperazine rings is 1. The van der Waals surface area contributed by atoms with Crippen molar-refractivity contribution in [3.63, 3.8) is 0 Å². The lowest BCUT2D eigenvalue weighted by molar-refractivity contribution is -0.151. The summed E-state index contributed by atoms with van der Waals surface area (Å²) in [5.74, 6) is -0.0807. The summed E-state index contributed by atoms with van der Waals surface area (Å²) in [6.45, 7) is 6.04. The first-order valence-electron chi connectivity index (χ1n) is 6.54. The molecule has 2 amide bonds. The van der Waals surface area contributed by atoms with Crippen LogP contribution in [0.2, 0.25) is 0 Å². The number of hydrogen-bond donors (Lipinski definition) is 1. The van der Waals surface area contributed by atoms with Gasteiger partial charge in [-0.25, -0.2) is 0 Å². The van der Waals surface area contributed by atoms with E-state index in [4.69, 9.17) is 4.52 Å². The SMILES string of the molecule is CCC1C(=O)NC(C(C)C)C(=O)N1Cc1ccon1. The number of nitrogens with zero attached hydrogens (tertiary/aromatic N) is 2. The molecule has 0 aromatic carbocycles. The minimum absolute atomic E-state index is 0.0514. The van der Waals surface area contributed by atoms with Gasteiger partial charge in [-0.15, -0.1) is 0 Å². The van der Waals surface area contributed by atoms with Crippen LogP contribution in [-0.2, 0) is 16.1 Å². The Morgan fingerprint density at radius 1 is 1.47 bits per heavy atom. The van der Waals surface area contributed by atoms with Crippen LogP contribution in [0.3, 0.4) is 0 Å². The topological polar surface area (TPSA) is 75.4 Å². The van der Waals surface area contributed by atoms with Crippen LogP contribution in [0.5, 0.6) is 0 Å². The molecule has 104 valence electrons. The van der Waals surface area contributed by atoms with Gasteiger partial charge >= 0.3 is 0 Å². The average molecular weight is 265 g/mol. The van der Waals surface area contributed by atoms with Crippen LogP contribution < -0.4 is 5.32 Å². The molecule has 2 unspecified atom stereocenters. The van der Waals surface area contributed by atoms with Gasteiger partial charge in [0.05, 0.1) is 6.54 Å². The smallest absolute Gasteiger partial charge is 0.246 e. The minimum Gasteiger partial charge on any atom is -0.364 e. The molecule has 6 nitrogen and oxygen atoms in total. The monoisotopic (exact) mass is 265 g/mol. The fourth-order valence-electron chi connectivity index (χ4n) is 2.32. The van der Waals surface area contributed by atoms with Crippen LogP contribution in [0.4, 0.5) is 0 Å². The molecule has 2 atom stereocenters. The van der Waals surface area contributed by atoms with Crippen LogP contribution in [0.1, 0.15) is 32.9 Å². The fraction of sp³-hybridized carbons (Fsp3) is 0.615. The van der Waals surface area contributed by atoms with Crippen LogP contribution >= 0.6 is 0 Å². The second-order valence-electron chi connectivity index (χ2n) is 5.11. The van der Waals surface area contributed by atoms with Crippen LogP contribution in [-0.4, -0.2) is 34.0 Å². The molecular weight excluding hydrogens is 246 g/mol. The van der Waals surface area contributed by atoms with Crippen molar-refractivity contribution in [3.05, 3.63) is 18.0 Å². The zero-order valence-corrected chi connectivity index (χ0v) is 11.4. The Labute approximate surface area is 112 Å². The van der Waals surface area contributed by atoms with E-state index in [2.05, 4.69) is 10.5 Å². The van der Waals surface area contributed by atoms with Gasteiger partial charge < -0.3 is 14.7 Å². The van der Waals surface area contributed by atoms with E-state index in [9.17, 15) is 9.59 Å². The van der Waals surface area contributed by atoms with Gasteiger partial charge in [-0.2, -0.15) is 0 Å². The van der Waals surface area contributed by atoms with E-state index in [1.165, 1.54) is 6.26 Å². The van der Waals surface area contributed by atoms with Crippen LogP contribution in [0.15, 0.2) is 16.9 Å². The molecule has 0 bridgehead atoms. The Morgan fingerprint density at radius 2 is 2.21 bits per heavy atom. The molecule has 1 fully saturated rings. The van der Waals surface area contributed by atoms with E-state index in [1.54, 1.807) is 11.0 Å². The van der Waals surface area contributed by atoms with Crippen molar-refractivity contribution in [2.75, 3.05) is 0 Å². The molecule has 1 aromatic rings. The highest BCUT2D eigenvalue weighted by molar-refractivity contribution is 5.97. The number of hydrogen-bond acceptors (Lipinski definition) is 4. The highest BCUT2D eigenvalue weighted by Crippen LogP contribution is 2.19. The predicted molar refractivity (Wildman–Crippen MR) is 67.9 cm³/mol. The molecule has 0 saturated carbocycles. The maximum atomic E-state index is 12.5. The van der Waals surface area contributed by atoms with Crippen molar-refractivity contribution < 1.29 is 14.1 Å². The summed E-state index contributed by atoms with van der Waals surface area (Å²) in [6.07, 6.45) is 2.05. The maximum Gasteiger partial charge on any atom is 0.246 e. The van der Waals surface area contributed by atoms with Crippen molar-refractivity contribution in [1.29, 1.82) is 0 Å². The second-order valence-corrected chi connectivity index (χ2v) is 5.11. The third-order valence-electron chi connectivity index (χ3n) is 3.40. The first-order valence-corrected chi connectivity index (χ1v) is 6.54. The number of rotatable bonds is 4. The predicted octanol–water partition coefficient (Wildman–Crippen LogP) is 0.936. The highest BCUT2D eigenvalue weighted by atomic mass is 16.5. The molecule has 19 heavy (non-hydrogen) atoms. The molecule has 1 saturated heterocycles. The number of carbonyl (C=O) groups is 2. The fourth-order valence-corrected chi connectivity index (χ4v) is 2.32. The van der Waals surface area contributed by atoms with E-state index in [-0.39, 0.29) is 17.7 Å².